The minimum absolute atomic E-state index is 0.000215. The number of nitrogens with zero attached hydrogens (tertiary/aromatic N) is 3. The topological polar surface area (TPSA) is 110 Å². The zero-order valence-electron chi connectivity index (χ0n) is 12.5. The van der Waals surface area contributed by atoms with Crippen LogP contribution >= 0.6 is 0 Å². The van der Waals surface area contributed by atoms with Gasteiger partial charge in [-0.05, 0) is 12.1 Å². The van der Waals surface area contributed by atoms with Crippen LogP contribution in [0.2, 0.25) is 0 Å². The summed E-state index contributed by atoms with van der Waals surface area (Å²) in [7, 11) is -2.30. The number of carbonyl (C=O) groups excluding carboxylic acids is 1. The molecule has 1 aliphatic rings. The second kappa shape index (κ2) is 7.02. The number of nitro benzene ring substituents is 1. The maximum absolute atomic E-state index is 12.5. The molecule has 1 fully saturated rings. The highest BCUT2D eigenvalue weighted by Crippen LogP contribution is 2.20. The van der Waals surface area contributed by atoms with Gasteiger partial charge in [-0.2, -0.15) is 4.31 Å². The number of non-ortho nitro benzene ring substituents is 1. The number of ether oxygens (including phenoxy) is 1. The zero-order chi connectivity index (χ0) is 17.0. The predicted molar refractivity (Wildman–Crippen MR) is 80.3 cm³/mol. The van der Waals surface area contributed by atoms with Gasteiger partial charge in [0.2, 0.25) is 15.9 Å². The average Bonchev–Trinajstić information content (AvgIpc) is 2.55. The summed E-state index contributed by atoms with van der Waals surface area (Å²) in [5.74, 6) is -0.181. The van der Waals surface area contributed by atoms with Gasteiger partial charge in [0.15, 0.2) is 0 Å². The van der Waals surface area contributed by atoms with E-state index in [4.69, 9.17) is 4.74 Å². The van der Waals surface area contributed by atoms with E-state index in [0.29, 0.717) is 0 Å². The minimum Gasteiger partial charge on any atom is -0.375 e. The van der Waals surface area contributed by atoms with Crippen molar-refractivity contribution < 1.29 is 22.9 Å². The van der Waals surface area contributed by atoms with Crippen LogP contribution in [-0.4, -0.2) is 68.3 Å². The van der Waals surface area contributed by atoms with Crippen LogP contribution in [0.3, 0.4) is 0 Å². The number of hydrogen-bond acceptors (Lipinski definition) is 6. The Labute approximate surface area is 133 Å². The molecule has 0 saturated carbocycles. The second-order valence-electron chi connectivity index (χ2n) is 4.97. The first-order valence-corrected chi connectivity index (χ1v) is 8.31. The van der Waals surface area contributed by atoms with E-state index in [1.54, 1.807) is 4.90 Å². The van der Waals surface area contributed by atoms with Gasteiger partial charge in [-0.25, -0.2) is 8.42 Å². The van der Waals surface area contributed by atoms with Gasteiger partial charge in [-0.1, -0.05) is 0 Å². The molecule has 0 N–H and O–H groups in total. The van der Waals surface area contributed by atoms with Gasteiger partial charge in [-0.15, -0.1) is 0 Å². The second-order valence-corrected chi connectivity index (χ2v) is 6.91. The van der Waals surface area contributed by atoms with Gasteiger partial charge >= 0.3 is 0 Å². The summed E-state index contributed by atoms with van der Waals surface area (Å²) in [5.41, 5.74) is -0.168. The molecule has 0 unspecified atom stereocenters. The fourth-order valence-electron chi connectivity index (χ4n) is 2.28. The Bertz CT molecular complexity index is 680. The van der Waals surface area contributed by atoms with Crippen LogP contribution in [-0.2, 0) is 19.6 Å². The maximum atomic E-state index is 12.5. The number of sulfonamides is 1. The molecule has 0 bridgehead atoms. The van der Waals surface area contributed by atoms with Crippen molar-refractivity contribution in [1.29, 1.82) is 0 Å². The number of methoxy groups -OCH3 is 1. The number of nitro groups is 1. The fourth-order valence-corrected chi connectivity index (χ4v) is 3.70. The standard InChI is InChI=1S/C13H17N3O6S/c1-22-10-13(17)14-6-8-15(9-7-14)23(20,21)12-4-2-11(3-5-12)16(18)19/h2-5H,6-10H2,1H3. The van der Waals surface area contributed by atoms with Crippen LogP contribution in [0.25, 0.3) is 0 Å². The number of hydrogen-bond donors (Lipinski definition) is 0. The summed E-state index contributed by atoms with van der Waals surface area (Å²) in [5, 5.41) is 10.6. The van der Waals surface area contributed by atoms with Crippen molar-refractivity contribution in [2.45, 2.75) is 4.90 Å². The lowest BCUT2D eigenvalue weighted by Crippen LogP contribution is -2.51. The van der Waals surface area contributed by atoms with Gasteiger partial charge in [0, 0.05) is 45.4 Å². The van der Waals surface area contributed by atoms with E-state index in [9.17, 15) is 23.3 Å². The largest absolute Gasteiger partial charge is 0.375 e. The molecular weight excluding hydrogens is 326 g/mol. The highest BCUT2D eigenvalue weighted by atomic mass is 32.2. The van der Waals surface area contributed by atoms with Gasteiger partial charge in [-0.3, -0.25) is 14.9 Å². The number of benzene rings is 1. The molecule has 0 atom stereocenters. The molecule has 0 aromatic heterocycles. The Hall–Kier alpha value is -2.04. The molecule has 126 valence electrons. The van der Waals surface area contributed by atoms with Crippen molar-refractivity contribution in [1.82, 2.24) is 9.21 Å². The van der Waals surface area contributed by atoms with Crippen molar-refractivity contribution in [3.63, 3.8) is 0 Å². The summed E-state index contributed by atoms with van der Waals surface area (Å²) < 4.78 is 31.0. The summed E-state index contributed by atoms with van der Waals surface area (Å²) in [6.45, 7) is 0.890. The van der Waals surface area contributed by atoms with E-state index >= 15 is 0 Å². The molecule has 1 saturated heterocycles. The van der Waals surface area contributed by atoms with E-state index in [2.05, 4.69) is 0 Å². The van der Waals surface area contributed by atoms with E-state index in [1.165, 1.54) is 23.5 Å². The Kier molecular flexibility index (Phi) is 5.29. The number of piperazine rings is 1. The third kappa shape index (κ3) is 3.84. The summed E-state index contributed by atoms with van der Waals surface area (Å²) in [6.07, 6.45) is 0. The Morgan fingerprint density at radius 3 is 2.26 bits per heavy atom. The van der Waals surface area contributed by atoms with Crippen LogP contribution in [0.1, 0.15) is 0 Å². The van der Waals surface area contributed by atoms with Gasteiger partial charge < -0.3 is 9.64 Å². The molecule has 10 heteroatoms. The average molecular weight is 343 g/mol. The van der Waals surface area contributed by atoms with Crippen molar-refractivity contribution in [3.05, 3.63) is 34.4 Å². The van der Waals surface area contributed by atoms with Crippen molar-refractivity contribution in [2.24, 2.45) is 0 Å². The molecule has 1 aliphatic heterocycles. The Balaban J connectivity index is 2.07. The first-order chi connectivity index (χ1) is 10.9. The Morgan fingerprint density at radius 2 is 1.78 bits per heavy atom. The van der Waals surface area contributed by atoms with Crippen molar-refractivity contribution in [2.75, 3.05) is 39.9 Å². The van der Waals surface area contributed by atoms with E-state index < -0.39 is 14.9 Å². The number of carbonyl (C=O) groups is 1. The number of rotatable bonds is 5. The van der Waals surface area contributed by atoms with E-state index in [1.807, 2.05) is 0 Å². The smallest absolute Gasteiger partial charge is 0.269 e. The fraction of sp³-hybridized carbons (Fsp3) is 0.462. The molecule has 1 aromatic carbocycles. The monoisotopic (exact) mass is 343 g/mol. The van der Waals surface area contributed by atoms with Crippen LogP contribution in [0.5, 0.6) is 0 Å². The van der Waals surface area contributed by atoms with Gasteiger partial charge in [0.1, 0.15) is 6.61 Å². The highest BCUT2D eigenvalue weighted by molar-refractivity contribution is 7.89. The molecule has 1 heterocycles. The first kappa shape index (κ1) is 17.3. The normalized spacial score (nSPS) is 16.3. The highest BCUT2D eigenvalue weighted by Gasteiger charge is 2.30. The third-order valence-electron chi connectivity index (χ3n) is 3.54. The quantitative estimate of drug-likeness (QED) is 0.553. The van der Waals surface area contributed by atoms with Crippen LogP contribution in [0.15, 0.2) is 29.2 Å². The van der Waals surface area contributed by atoms with Gasteiger partial charge in [0.05, 0.1) is 9.82 Å². The molecule has 1 amide bonds. The van der Waals surface area contributed by atoms with Crippen LogP contribution < -0.4 is 0 Å². The first-order valence-electron chi connectivity index (χ1n) is 6.87. The molecule has 1 aromatic rings. The minimum atomic E-state index is -3.72. The molecule has 2 rings (SSSR count). The zero-order valence-corrected chi connectivity index (χ0v) is 13.4. The van der Waals surface area contributed by atoms with Crippen LogP contribution in [0.4, 0.5) is 5.69 Å². The molecular formula is C13H17N3O6S. The summed E-state index contributed by atoms with van der Waals surface area (Å²) >= 11 is 0. The molecule has 0 aliphatic carbocycles. The summed E-state index contributed by atoms with van der Waals surface area (Å²) in [4.78, 5) is 23.3. The lowest BCUT2D eigenvalue weighted by atomic mass is 10.3. The van der Waals surface area contributed by atoms with Crippen molar-refractivity contribution in [3.8, 4) is 0 Å². The van der Waals surface area contributed by atoms with Crippen molar-refractivity contribution >= 4 is 21.6 Å². The molecule has 0 radical (unpaired) electrons. The van der Waals surface area contributed by atoms with Crippen LogP contribution in [0, 0.1) is 10.1 Å². The molecule has 0 spiro atoms. The lowest BCUT2D eigenvalue weighted by molar-refractivity contribution is -0.384. The third-order valence-corrected chi connectivity index (χ3v) is 5.46. The SMILES string of the molecule is COCC(=O)N1CCN(S(=O)(=O)c2ccc([N+](=O)[O-])cc2)CC1. The summed E-state index contributed by atoms with van der Waals surface area (Å²) in [6, 6.07) is 4.75. The molecule has 23 heavy (non-hydrogen) atoms. The van der Waals surface area contributed by atoms with Gasteiger partial charge in [0.25, 0.3) is 5.69 Å². The Morgan fingerprint density at radius 1 is 1.22 bits per heavy atom. The molecule has 9 nitrogen and oxygen atoms in total. The lowest BCUT2D eigenvalue weighted by Gasteiger charge is -2.33. The number of amides is 1. The van der Waals surface area contributed by atoms with E-state index in [0.717, 1.165) is 12.1 Å². The maximum Gasteiger partial charge on any atom is 0.269 e. The van der Waals surface area contributed by atoms with E-state index in [-0.39, 0.29) is 49.3 Å². The predicted octanol–water partition coefficient (Wildman–Crippen LogP) is 0.0741.